The molecule has 0 spiro atoms. The summed E-state index contributed by atoms with van der Waals surface area (Å²) in [6.07, 6.45) is 3.73. The molecule has 2 heteroatoms. The van der Waals surface area contributed by atoms with Crippen LogP contribution >= 0.6 is 0 Å². The van der Waals surface area contributed by atoms with Crippen LogP contribution in [0.1, 0.15) is 0 Å². The predicted molar refractivity (Wildman–Crippen MR) is 138 cm³/mol. The van der Waals surface area contributed by atoms with Gasteiger partial charge in [-0.1, -0.05) is 84.9 Å². The lowest BCUT2D eigenvalue weighted by molar-refractivity contribution is 1.26. The minimum atomic E-state index is 1.09. The van der Waals surface area contributed by atoms with Gasteiger partial charge in [0.25, 0.3) is 0 Å². The van der Waals surface area contributed by atoms with E-state index in [1.807, 2.05) is 12.4 Å². The summed E-state index contributed by atoms with van der Waals surface area (Å²) in [6.45, 7) is 0. The van der Waals surface area contributed by atoms with Crippen molar-refractivity contribution in [3.05, 3.63) is 122 Å². The second-order valence-electron chi connectivity index (χ2n) is 8.45. The van der Waals surface area contributed by atoms with E-state index in [0.717, 1.165) is 11.4 Å². The van der Waals surface area contributed by atoms with E-state index in [0.29, 0.717) is 0 Å². The molecule has 7 rings (SSSR count). The number of nitrogens with zero attached hydrogens (tertiary/aromatic N) is 2. The van der Waals surface area contributed by atoms with E-state index in [9.17, 15) is 0 Å². The number of benzene rings is 5. The number of hydrogen-bond donors (Lipinski definition) is 0. The van der Waals surface area contributed by atoms with Gasteiger partial charge in [-0.05, 0) is 57.3 Å². The fourth-order valence-electron chi connectivity index (χ4n) is 5.29. The third-order valence-electron chi connectivity index (χ3n) is 6.69. The molecule has 6 aromatic rings. The SMILES string of the molecule is c1ccc2c(c1)-c1cccc3c(N(c4ccncc4)c4cccc5ccccc45)ccc-2c13. The molecule has 0 bridgehead atoms. The van der Waals surface area contributed by atoms with Crippen LogP contribution in [0.4, 0.5) is 17.1 Å². The Balaban J connectivity index is 1.57. The third kappa shape index (κ3) is 2.64. The van der Waals surface area contributed by atoms with Crippen LogP contribution in [0.25, 0.3) is 43.8 Å². The van der Waals surface area contributed by atoms with Gasteiger partial charge in [-0.3, -0.25) is 4.98 Å². The maximum absolute atomic E-state index is 4.28. The van der Waals surface area contributed by atoms with Crippen LogP contribution in [0, 0.1) is 0 Å². The molecule has 1 aliphatic carbocycles. The average molecular weight is 421 g/mol. The van der Waals surface area contributed by atoms with Gasteiger partial charge < -0.3 is 4.90 Å². The monoisotopic (exact) mass is 420 g/mol. The number of aromatic nitrogens is 1. The molecule has 2 nitrogen and oxygen atoms in total. The van der Waals surface area contributed by atoms with Crippen molar-refractivity contribution in [1.82, 2.24) is 4.98 Å². The summed E-state index contributed by atoms with van der Waals surface area (Å²) in [6, 6.07) is 39.2. The molecule has 1 heterocycles. The van der Waals surface area contributed by atoms with Crippen LogP contribution < -0.4 is 4.90 Å². The lowest BCUT2D eigenvalue weighted by Crippen LogP contribution is -2.11. The molecule has 0 saturated carbocycles. The predicted octanol–water partition coefficient (Wildman–Crippen LogP) is 8.51. The lowest BCUT2D eigenvalue weighted by atomic mass is 9.99. The molecule has 5 aromatic carbocycles. The number of hydrogen-bond acceptors (Lipinski definition) is 2. The number of anilines is 3. The molecular weight excluding hydrogens is 400 g/mol. The van der Waals surface area contributed by atoms with Crippen LogP contribution in [0.5, 0.6) is 0 Å². The van der Waals surface area contributed by atoms with Crippen molar-refractivity contribution in [2.45, 2.75) is 0 Å². The molecule has 0 atom stereocenters. The minimum Gasteiger partial charge on any atom is -0.309 e. The van der Waals surface area contributed by atoms with Gasteiger partial charge in [0.05, 0.1) is 11.4 Å². The topological polar surface area (TPSA) is 16.1 Å². The molecule has 0 saturated heterocycles. The van der Waals surface area contributed by atoms with Crippen molar-refractivity contribution < 1.29 is 0 Å². The second-order valence-corrected chi connectivity index (χ2v) is 8.45. The van der Waals surface area contributed by atoms with E-state index < -0.39 is 0 Å². The molecule has 0 radical (unpaired) electrons. The maximum Gasteiger partial charge on any atom is 0.0540 e. The third-order valence-corrected chi connectivity index (χ3v) is 6.69. The first-order valence-corrected chi connectivity index (χ1v) is 11.2. The summed E-state index contributed by atoms with van der Waals surface area (Å²) in [4.78, 5) is 6.65. The van der Waals surface area contributed by atoms with Crippen LogP contribution in [0.2, 0.25) is 0 Å². The van der Waals surface area contributed by atoms with Gasteiger partial charge in [0, 0.05) is 28.9 Å². The highest BCUT2D eigenvalue weighted by atomic mass is 15.1. The van der Waals surface area contributed by atoms with E-state index in [1.54, 1.807) is 0 Å². The molecule has 154 valence electrons. The van der Waals surface area contributed by atoms with E-state index in [4.69, 9.17) is 0 Å². The van der Waals surface area contributed by atoms with Crippen molar-refractivity contribution in [3.8, 4) is 22.3 Å². The lowest BCUT2D eigenvalue weighted by Gasteiger charge is -2.28. The molecule has 0 amide bonds. The van der Waals surface area contributed by atoms with E-state index >= 15 is 0 Å². The smallest absolute Gasteiger partial charge is 0.0540 e. The van der Waals surface area contributed by atoms with Crippen molar-refractivity contribution in [2.75, 3.05) is 4.90 Å². The van der Waals surface area contributed by atoms with Gasteiger partial charge in [0.2, 0.25) is 0 Å². The van der Waals surface area contributed by atoms with E-state index in [-0.39, 0.29) is 0 Å². The van der Waals surface area contributed by atoms with Crippen LogP contribution in [-0.4, -0.2) is 4.98 Å². The highest BCUT2D eigenvalue weighted by Gasteiger charge is 2.24. The Labute approximate surface area is 192 Å². The van der Waals surface area contributed by atoms with Gasteiger partial charge >= 0.3 is 0 Å². The first-order valence-electron chi connectivity index (χ1n) is 11.2. The molecule has 0 N–H and O–H groups in total. The van der Waals surface area contributed by atoms with Gasteiger partial charge in [0.1, 0.15) is 0 Å². The van der Waals surface area contributed by atoms with E-state index in [1.165, 1.54) is 49.5 Å². The largest absolute Gasteiger partial charge is 0.309 e. The summed E-state index contributed by atoms with van der Waals surface area (Å²) in [5.41, 5.74) is 8.69. The van der Waals surface area contributed by atoms with Gasteiger partial charge in [0.15, 0.2) is 0 Å². The van der Waals surface area contributed by atoms with Crippen LogP contribution in [-0.2, 0) is 0 Å². The summed E-state index contributed by atoms with van der Waals surface area (Å²) >= 11 is 0. The standard InChI is InChI=1S/C31H20N2/c1-2-9-23-21(7-1)8-5-14-29(23)33(22-17-19-32-20-18-22)30-16-15-27-25-11-4-3-10-24(25)26-12-6-13-28(30)31(26)27/h1-20H. The van der Waals surface area contributed by atoms with Gasteiger partial charge in [-0.15, -0.1) is 0 Å². The Hall–Kier alpha value is -4.43. The van der Waals surface area contributed by atoms with Crippen molar-refractivity contribution in [1.29, 1.82) is 0 Å². The summed E-state index contributed by atoms with van der Waals surface area (Å²) < 4.78 is 0. The fraction of sp³-hybridized carbons (Fsp3) is 0. The first kappa shape index (κ1) is 18.2. The zero-order valence-corrected chi connectivity index (χ0v) is 17.9. The normalized spacial score (nSPS) is 11.6. The molecule has 0 fully saturated rings. The second kappa shape index (κ2) is 7.04. The highest BCUT2D eigenvalue weighted by molar-refractivity contribution is 6.19. The number of rotatable bonds is 3. The summed E-state index contributed by atoms with van der Waals surface area (Å²) in [5.74, 6) is 0. The zero-order chi connectivity index (χ0) is 21.8. The average Bonchev–Trinajstić information content (AvgIpc) is 3.22. The highest BCUT2D eigenvalue weighted by Crippen LogP contribution is 2.51. The minimum absolute atomic E-state index is 1.09. The Kier molecular flexibility index (Phi) is 3.88. The van der Waals surface area contributed by atoms with Crippen LogP contribution in [0.15, 0.2) is 122 Å². The fourth-order valence-corrected chi connectivity index (χ4v) is 5.29. The van der Waals surface area contributed by atoms with Crippen molar-refractivity contribution in [2.24, 2.45) is 0 Å². The zero-order valence-electron chi connectivity index (χ0n) is 17.9. The number of fused-ring (bicyclic) bond motifs is 4. The Bertz CT molecular complexity index is 1630. The Morgan fingerprint density at radius 1 is 0.455 bits per heavy atom. The molecule has 0 aliphatic heterocycles. The van der Waals surface area contributed by atoms with E-state index in [2.05, 4.69) is 119 Å². The summed E-state index contributed by atoms with van der Waals surface area (Å²) in [5, 5.41) is 5.04. The Morgan fingerprint density at radius 3 is 1.91 bits per heavy atom. The van der Waals surface area contributed by atoms with Crippen molar-refractivity contribution in [3.63, 3.8) is 0 Å². The number of pyridine rings is 1. The molecule has 33 heavy (non-hydrogen) atoms. The van der Waals surface area contributed by atoms with Crippen molar-refractivity contribution >= 4 is 38.6 Å². The molecule has 0 unspecified atom stereocenters. The Morgan fingerprint density at radius 2 is 1.06 bits per heavy atom. The maximum atomic E-state index is 4.28. The summed E-state index contributed by atoms with van der Waals surface area (Å²) in [7, 11) is 0. The van der Waals surface area contributed by atoms with Crippen LogP contribution in [0.3, 0.4) is 0 Å². The molecular formula is C31H20N2. The van der Waals surface area contributed by atoms with Gasteiger partial charge in [-0.2, -0.15) is 0 Å². The molecule has 1 aliphatic rings. The quantitative estimate of drug-likeness (QED) is 0.285. The molecule has 1 aromatic heterocycles. The van der Waals surface area contributed by atoms with Gasteiger partial charge in [-0.25, -0.2) is 0 Å². The first-order chi connectivity index (χ1) is 16.4.